The number of phenols is 2. The molecular formula is C45H58O8. The molecule has 0 aromatic heterocycles. The molecule has 0 spiro atoms. The standard InChI is InChI=1S/C25H32O5.C20H26O3/c1-13-9-18(26)22(29-13)20(23-19(27)10-14(2)30-23)15-11-16(24(3,4)5)21(28)17(12-15)25(6,7)8;1-12-8-16(21)17(23-12)11-13-9-14(19(2,3)4)18(22)15(10-13)20(5,6)7/h9-12,20,22-23,28H,1-8H3;8-11,22H,1-7H3/b;17-11-. The van der Waals surface area contributed by atoms with E-state index in [0.717, 1.165) is 33.4 Å². The summed E-state index contributed by atoms with van der Waals surface area (Å²) >= 11 is 0. The molecule has 2 N–H and O–H groups in total. The van der Waals surface area contributed by atoms with Gasteiger partial charge in [0.15, 0.2) is 29.5 Å². The van der Waals surface area contributed by atoms with E-state index in [0.29, 0.717) is 28.8 Å². The van der Waals surface area contributed by atoms with E-state index in [4.69, 9.17) is 14.2 Å². The Bertz CT molecular complexity index is 1830. The van der Waals surface area contributed by atoms with Crippen LogP contribution in [-0.4, -0.2) is 39.8 Å². The highest BCUT2D eigenvalue weighted by atomic mass is 16.5. The fourth-order valence-electron chi connectivity index (χ4n) is 6.80. The lowest BCUT2D eigenvalue weighted by atomic mass is 9.75. The molecule has 5 rings (SSSR count). The van der Waals surface area contributed by atoms with Crippen molar-refractivity contribution in [1.29, 1.82) is 0 Å². The van der Waals surface area contributed by atoms with Gasteiger partial charge in [-0.15, -0.1) is 0 Å². The lowest BCUT2D eigenvalue weighted by molar-refractivity contribution is -0.128. The van der Waals surface area contributed by atoms with Crippen molar-refractivity contribution in [2.75, 3.05) is 0 Å². The molecule has 0 fully saturated rings. The van der Waals surface area contributed by atoms with Crippen molar-refractivity contribution in [2.24, 2.45) is 0 Å². The molecule has 53 heavy (non-hydrogen) atoms. The second kappa shape index (κ2) is 14.3. The highest BCUT2D eigenvalue weighted by Crippen LogP contribution is 2.45. The van der Waals surface area contributed by atoms with E-state index in [1.165, 1.54) is 18.2 Å². The summed E-state index contributed by atoms with van der Waals surface area (Å²) in [6, 6.07) is 7.65. The minimum Gasteiger partial charge on any atom is -0.507 e. The number of benzene rings is 2. The van der Waals surface area contributed by atoms with E-state index in [-0.39, 0.29) is 44.8 Å². The maximum Gasteiger partial charge on any atom is 0.224 e. The Morgan fingerprint density at radius 3 is 1.21 bits per heavy atom. The van der Waals surface area contributed by atoms with E-state index in [1.54, 1.807) is 26.8 Å². The summed E-state index contributed by atoms with van der Waals surface area (Å²) in [5.74, 6) is 1.45. The Balaban J connectivity index is 0.000000245. The first kappa shape index (κ1) is 41.2. The molecule has 2 aromatic carbocycles. The second-order valence-electron chi connectivity index (χ2n) is 18.6. The highest BCUT2D eigenvalue weighted by Gasteiger charge is 2.46. The zero-order chi connectivity index (χ0) is 40.2. The normalized spacial score (nSPS) is 20.6. The summed E-state index contributed by atoms with van der Waals surface area (Å²) < 4.78 is 17.2. The molecule has 0 saturated carbocycles. The Labute approximate surface area is 315 Å². The van der Waals surface area contributed by atoms with Gasteiger partial charge in [0.2, 0.25) is 5.78 Å². The van der Waals surface area contributed by atoms with E-state index < -0.39 is 18.1 Å². The van der Waals surface area contributed by atoms with Crippen LogP contribution < -0.4 is 0 Å². The van der Waals surface area contributed by atoms with E-state index >= 15 is 0 Å². The van der Waals surface area contributed by atoms with Gasteiger partial charge in [-0.25, -0.2) is 0 Å². The molecule has 0 saturated heterocycles. The number of carbonyl (C=O) groups excluding carboxylic acids is 3. The number of hydrogen-bond acceptors (Lipinski definition) is 8. The highest BCUT2D eigenvalue weighted by molar-refractivity contribution is 6.07. The SMILES string of the molecule is CC1=CC(=O)/C(=C/c2cc(C(C)(C)C)c(O)c(C(C)(C)C)c2)O1.CC1=CC(=O)C(C(c2cc(C(C)(C)C)c(O)c(C(C)(C)C)c2)C2OC(C)=CC2=O)O1. The third-order valence-corrected chi connectivity index (χ3v) is 9.56. The van der Waals surface area contributed by atoms with Crippen molar-refractivity contribution in [2.45, 2.75) is 144 Å². The molecule has 286 valence electrons. The minimum absolute atomic E-state index is 0.120. The molecule has 8 heteroatoms. The van der Waals surface area contributed by atoms with Crippen LogP contribution in [0.25, 0.3) is 6.08 Å². The van der Waals surface area contributed by atoms with Crippen LogP contribution in [-0.2, 0) is 50.3 Å². The van der Waals surface area contributed by atoms with Gasteiger partial charge in [-0.3, -0.25) is 14.4 Å². The molecule has 3 heterocycles. The molecule has 3 aliphatic heterocycles. The number of phenolic OH excluding ortho intramolecular Hbond substituents is 2. The number of rotatable bonds is 4. The number of ketones is 3. The molecule has 8 nitrogen and oxygen atoms in total. The van der Waals surface area contributed by atoms with E-state index in [2.05, 4.69) is 41.5 Å². The first-order valence-electron chi connectivity index (χ1n) is 18.2. The van der Waals surface area contributed by atoms with Crippen LogP contribution >= 0.6 is 0 Å². The average molecular weight is 727 g/mol. The van der Waals surface area contributed by atoms with Crippen molar-refractivity contribution < 1.29 is 38.8 Å². The summed E-state index contributed by atoms with van der Waals surface area (Å²) in [6.07, 6.45) is 4.48. The lowest BCUT2D eigenvalue weighted by Crippen LogP contribution is -2.38. The van der Waals surface area contributed by atoms with Gasteiger partial charge in [-0.2, -0.15) is 0 Å². The van der Waals surface area contributed by atoms with Gasteiger partial charge in [0.25, 0.3) is 0 Å². The van der Waals surface area contributed by atoms with Crippen LogP contribution in [0.15, 0.2) is 65.5 Å². The number of ether oxygens (including phenoxy) is 3. The fraction of sp³-hybridized carbons (Fsp3) is 0.489. The minimum atomic E-state index is -0.844. The van der Waals surface area contributed by atoms with Crippen molar-refractivity contribution in [1.82, 2.24) is 0 Å². The molecule has 0 amide bonds. The number of hydrogen-bond donors (Lipinski definition) is 2. The molecule has 0 bridgehead atoms. The zero-order valence-electron chi connectivity index (χ0n) is 34.2. The second-order valence-corrected chi connectivity index (χ2v) is 18.6. The Kier molecular flexibility index (Phi) is 11.1. The van der Waals surface area contributed by atoms with Gasteiger partial charge in [0.05, 0.1) is 17.4 Å². The fourth-order valence-corrected chi connectivity index (χ4v) is 6.80. The van der Waals surface area contributed by atoms with Gasteiger partial charge in [0.1, 0.15) is 17.3 Å². The van der Waals surface area contributed by atoms with Gasteiger partial charge >= 0.3 is 0 Å². The van der Waals surface area contributed by atoms with Gasteiger partial charge in [0, 0.05) is 29.4 Å². The van der Waals surface area contributed by atoms with E-state index in [1.807, 2.05) is 65.8 Å². The number of allylic oxidation sites excluding steroid dienone is 4. The van der Waals surface area contributed by atoms with Crippen molar-refractivity contribution in [3.8, 4) is 11.5 Å². The molecule has 2 unspecified atom stereocenters. The van der Waals surface area contributed by atoms with Crippen LogP contribution in [0.4, 0.5) is 0 Å². The Hall–Kier alpha value is -4.59. The molecule has 3 aliphatic rings. The smallest absolute Gasteiger partial charge is 0.224 e. The van der Waals surface area contributed by atoms with Crippen LogP contribution in [0.2, 0.25) is 0 Å². The molecule has 2 aromatic rings. The average Bonchev–Trinajstić information content (AvgIpc) is 3.61. The van der Waals surface area contributed by atoms with Crippen molar-refractivity contribution >= 4 is 23.4 Å². The first-order chi connectivity index (χ1) is 24.1. The number of aromatic hydroxyl groups is 2. The van der Waals surface area contributed by atoms with Crippen LogP contribution in [0.1, 0.15) is 143 Å². The molecule has 2 atom stereocenters. The molecule has 0 radical (unpaired) electrons. The Morgan fingerprint density at radius 2 is 0.925 bits per heavy atom. The number of carbonyl (C=O) groups is 3. The molecule has 0 aliphatic carbocycles. The monoisotopic (exact) mass is 726 g/mol. The van der Waals surface area contributed by atoms with Crippen LogP contribution in [0.5, 0.6) is 11.5 Å². The summed E-state index contributed by atoms with van der Waals surface area (Å²) in [4.78, 5) is 37.4. The maximum absolute atomic E-state index is 12.7. The summed E-state index contributed by atoms with van der Waals surface area (Å²) in [5.41, 5.74) is 3.80. The topological polar surface area (TPSA) is 119 Å². The lowest BCUT2D eigenvalue weighted by Gasteiger charge is -2.32. The summed E-state index contributed by atoms with van der Waals surface area (Å²) in [5, 5.41) is 21.8. The predicted molar refractivity (Wildman–Crippen MR) is 209 cm³/mol. The third-order valence-electron chi connectivity index (χ3n) is 9.56. The quantitative estimate of drug-likeness (QED) is 0.299. The Morgan fingerprint density at radius 1 is 0.566 bits per heavy atom. The van der Waals surface area contributed by atoms with Gasteiger partial charge < -0.3 is 24.4 Å². The van der Waals surface area contributed by atoms with Gasteiger partial charge in [-0.1, -0.05) is 95.2 Å². The van der Waals surface area contributed by atoms with Crippen molar-refractivity contribution in [3.05, 3.63) is 98.9 Å². The molecular weight excluding hydrogens is 668 g/mol. The summed E-state index contributed by atoms with van der Waals surface area (Å²) in [6.45, 7) is 29.8. The first-order valence-corrected chi connectivity index (χ1v) is 18.2. The summed E-state index contributed by atoms with van der Waals surface area (Å²) in [7, 11) is 0. The van der Waals surface area contributed by atoms with Crippen LogP contribution in [0.3, 0.4) is 0 Å². The zero-order valence-corrected chi connectivity index (χ0v) is 34.2. The van der Waals surface area contributed by atoms with Crippen LogP contribution in [0, 0.1) is 0 Å². The van der Waals surface area contributed by atoms with E-state index in [9.17, 15) is 24.6 Å². The maximum atomic E-state index is 12.7. The predicted octanol–water partition coefficient (Wildman–Crippen LogP) is 9.65. The largest absolute Gasteiger partial charge is 0.507 e. The third kappa shape index (κ3) is 9.14. The van der Waals surface area contributed by atoms with Gasteiger partial charge in [-0.05, 0) is 82.9 Å². The van der Waals surface area contributed by atoms with Crippen molar-refractivity contribution in [3.63, 3.8) is 0 Å².